The Hall–Kier alpha value is -3.23. The second-order valence-electron chi connectivity index (χ2n) is 7.42. The third kappa shape index (κ3) is 6.63. The molecule has 0 saturated heterocycles. The molecule has 8 heteroatoms. The molecule has 0 unspecified atom stereocenters. The molecule has 3 aromatic rings. The van der Waals surface area contributed by atoms with Crippen molar-refractivity contribution >= 4 is 44.6 Å². The van der Waals surface area contributed by atoms with Crippen LogP contribution in [0.5, 0.6) is 0 Å². The number of benzene rings is 3. The predicted molar refractivity (Wildman–Crippen MR) is 132 cm³/mol. The van der Waals surface area contributed by atoms with Crippen LogP contribution in [0.25, 0.3) is 0 Å². The summed E-state index contributed by atoms with van der Waals surface area (Å²) in [7, 11) is -3.72. The minimum absolute atomic E-state index is 0.124. The quantitative estimate of drug-likeness (QED) is 0.444. The van der Waals surface area contributed by atoms with E-state index in [0.29, 0.717) is 24.2 Å². The number of hydrogen-bond donors (Lipinski definition) is 3. The summed E-state index contributed by atoms with van der Waals surface area (Å²) in [6.07, 6.45) is 0.933. The zero-order valence-corrected chi connectivity index (χ0v) is 19.5. The average Bonchev–Trinajstić information content (AvgIpc) is 2.76. The van der Waals surface area contributed by atoms with Gasteiger partial charge in [0.05, 0.1) is 4.90 Å². The number of hydrogen-bond acceptors (Lipinski definition) is 4. The highest BCUT2D eigenvalue weighted by Gasteiger charge is 2.15. The lowest BCUT2D eigenvalue weighted by Crippen LogP contribution is -2.34. The molecule has 0 heterocycles. The van der Waals surface area contributed by atoms with Gasteiger partial charge < -0.3 is 10.6 Å². The van der Waals surface area contributed by atoms with Gasteiger partial charge in [-0.3, -0.25) is 9.52 Å². The largest absolute Gasteiger partial charge is 0.332 e. The van der Waals surface area contributed by atoms with Crippen LogP contribution < -0.4 is 15.4 Å². The molecule has 3 rings (SSSR count). The molecule has 3 N–H and O–H groups in total. The van der Waals surface area contributed by atoms with E-state index in [0.717, 1.165) is 16.7 Å². The fraction of sp³-hybridized carbons (Fsp3) is 0.167. The van der Waals surface area contributed by atoms with Gasteiger partial charge in [0.2, 0.25) is 5.91 Å². The fourth-order valence-corrected chi connectivity index (χ4v) is 4.27. The van der Waals surface area contributed by atoms with Gasteiger partial charge in [0.15, 0.2) is 5.11 Å². The van der Waals surface area contributed by atoms with Gasteiger partial charge >= 0.3 is 0 Å². The molecule has 6 nitrogen and oxygen atoms in total. The van der Waals surface area contributed by atoms with Crippen molar-refractivity contribution in [1.29, 1.82) is 0 Å². The van der Waals surface area contributed by atoms with Gasteiger partial charge in [-0.15, -0.1) is 0 Å². The Morgan fingerprint density at radius 3 is 2.19 bits per heavy atom. The Balaban J connectivity index is 1.54. The van der Waals surface area contributed by atoms with Gasteiger partial charge in [0.1, 0.15) is 0 Å². The maximum atomic E-state index is 12.7. The van der Waals surface area contributed by atoms with Crippen LogP contribution >= 0.6 is 12.2 Å². The highest BCUT2D eigenvalue weighted by Crippen LogP contribution is 2.20. The van der Waals surface area contributed by atoms with Crippen molar-refractivity contribution in [2.75, 3.05) is 10.0 Å². The predicted octanol–water partition coefficient (Wildman–Crippen LogP) is 4.55. The fourth-order valence-electron chi connectivity index (χ4n) is 2.99. The molecule has 0 fully saturated rings. The third-order valence-corrected chi connectivity index (χ3v) is 6.52. The summed E-state index contributed by atoms with van der Waals surface area (Å²) in [5.74, 6) is -0.192. The van der Waals surface area contributed by atoms with Gasteiger partial charge in [0, 0.05) is 17.8 Å². The van der Waals surface area contributed by atoms with E-state index in [1.165, 1.54) is 12.1 Å². The number of rotatable bonds is 7. The molecule has 32 heavy (non-hydrogen) atoms. The topological polar surface area (TPSA) is 87.3 Å². The lowest BCUT2D eigenvalue weighted by Gasteiger charge is -2.12. The molecule has 0 aliphatic carbocycles. The summed E-state index contributed by atoms with van der Waals surface area (Å²) in [6, 6.07) is 21.3. The first kappa shape index (κ1) is 23.4. The van der Waals surface area contributed by atoms with Crippen molar-refractivity contribution in [2.24, 2.45) is 0 Å². The summed E-state index contributed by atoms with van der Waals surface area (Å²) < 4.78 is 27.9. The van der Waals surface area contributed by atoms with Gasteiger partial charge in [-0.25, -0.2) is 8.42 Å². The molecule has 0 radical (unpaired) electrons. The first-order valence-electron chi connectivity index (χ1n) is 10.1. The SMILES string of the molecule is Cc1ccc(NS(=O)(=O)c2ccc(NC(=S)NC(=O)CCc3ccccc3)cc2)cc1C. The second-order valence-corrected chi connectivity index (χ2v) is 9.51. The van der Waals surface area contributed by atoms with E-state index in [2.05, 4.69) is 15.4 Å². The summed E-state index contributed by atoms with van der Waals surface area (Å²) >= 11 is 5.19. The van der Waals surface area contributed by atoms with E-state index in [1.807, 2.05) is 50.2 Å². The van der Waals surface area contributed by atoms with Crippen LogP contribution in [0.2, 0.25) is 0 Å². The molecular weight excluding hydrogens is 442 g/mol. The van der Waals surface area contributed by atoms with Crippen LogP contribution in [0.4, 0.5) is 11.4 Å². The van der Waals surface area contributed by atoms with E-state index in [1.54, 1.807) is 24.3 Å². The number of nitrogens with one attached hydrogen (secondary N) is 3. The first-order valence-corrected chi connectivity index (χ1v) is 12.0. The Morgan fingerprint density at radius 2 is 1.53 bits per heavy atom. The summed E-state index contributed by atoms with van der Waals surface area (Å²) in [5, 5.41) is 5.69. The number of amides is 1. The van der Waals surface area contributed by atoms with Crippen molar-refractivity contribution in [2.45, 2.75) is 31.6 Å². The lowest BCUT2D eigenvalue weighted by atomic mass is 10.1. The minimum Gasteiger partial charge on any atom is -0.332 e. The standard InChI is InChI=1S/C24H25N3O3S2/c1-17-8-10-21(16-18(17)2)27-32(29,30)22-13-11-20(12-14-22)25-24(31)26-23(28)15-9-19-6-4-3-5-7-19/h3-8,10-14,16,27H,9,15H2,1-2H3,(H2,25,26,28,31). The van der Waals surface area contributed by atoms with Crippen molar-refractivity contribution in [3.05, 3.63) is 89.5 Å². The molecule has 1 amide bonds. The molecule has 0 aromatic heterocycles. The van der Waals surface area contributed by atoms with E-state index in [4.69, 9.17) is 12.2 Å². The number of anilines is 2. The highest BCUT2D eigenvalue weighted by atomic mass is 32.2. The first-order chi connectivity index (χ1) is 15.2. The minimum atomic E-state index is -3.72. The highest BCUT2D eigenvalue weighted by molar-refractivity contribution is 7.92. The number of sulfonamides is 1. The third-order valence-electron chi connectivity index (χ3n) is 4.92. The van der Waals surface area contributed by atoms with Gasteiger partial charge in [-0.05, 0) is 85.6 Å². The monoisotopic (exact) mass is 467 g/mol. The molecule has 166 valence electrons. The molecule has 0 saturated carbocycles. The maximum Gasteiger partial charge on any atom is 0.261 e. The maximum absolute atomic E-state index is 12.7. The molecule has 0 aliphatic rings. The summed E-state index contributed by atoms with van der Waals surface area (Å²) in [5.41, 5.74) is 4.25. The summed E-state index contributed by atoms with van der Waals surface area (Å²) in [4.78, 5) is 12.2. The van der Waals surface area contributed by atoms with Crippen LogP contribution in [0.15, 0.2) is 77.7 Å². The van der Waals surface area contributed by atoms with E-state index < -0.39 is 10.0 Å². The van der Waals surface area contributed by atoms with Crippen molar-refractivity contribution in [1.82, 2.24) is 5.32 Å². The summed E-state index contributed by atoms with van der Waals surface area (Å²) in [6.45, 7) is 3.90. The number of carbonyl (C=O) groups excluding carboxylic acids is 1. The Morgan fingerprint density at radius 1 is 0.875 bits per heavy atom. The Kier molecular flexibility index (Phi) is 7.61. The zero-order valence-electron chi connectivity index (χ0n) is 17.9. The number of carbonyl (C=O) groups is 1. The molecule has 0 spiro atoms. The molecule has 3 aromatic carbocycles. The van der Waals surface area contributed by atoms with Crippen LogP contribution in [-0.2, 0) is 21.2 Å². The van der Waals surface area contributed by atoms with Gasteiger partial charge in [-0.2, -0.15) is 0 Å². The van der Waals surface area contributed by atoms with Crippen molar-refractivity contribution in [3.8, 4) is 0 Å². The number of thiocarbonyl (C=S) groups is 1. The van der Waals surface area contributed by atoms with Crippen molar-refractivity contribution in [3.63, 3.8) is 0 Å². The van der Waals surface area contributed by atoms with E-state index in [-0.39, 0.29) is 15.9 Å². The van der Waals surface area contributed by atoms with E-state index >= 15 is 0 Å². The smallest absolute Gasteiger partial charge is 0.261 e. The number of aryl methyl sites for hydroxylation is 3. The van der Waals surface area contributed by atoms with Crippen LogP contribution in [0, 0.1) is 13.8 Å². The Labute approximate surface area is 194 Å². The molecule has 0 atom stereocenters. The van der Waals surface area contributed by atoms with Crippen LogP contribution in [0.3, 0.4) is 0 Å². The Bertz CT molecular complexity index is 1210. The average molecular weight is 468 g/mol. The normalized spacial score (nSPS) is 10.9. The van der Waals surface area contributed by atoms with Crippen LogP contribution in [-0.4, -0.2) is 19.4 Å². The molecule has 0 bridgehead atoms. The molecule has 0 aliphatic heterocycles. The lowest BCUT2D eigenvalue weighted by molar-refractivity contribution is -0.119. The van der Waals surface area contributed by atoms with Gasteiger partial charge in [0.25, 0.3) is 10.0 Å². The second kappa shape index (κ2) is 10.4. The van der Waals surface area contributed by atoms with E-state index in [9.17, 15) is 13.2 Å². The zero-order chi connectivity index (χ0) is 23.1. The van der Waals surface area contributed by atoms with Gasteiger partial charge in [-0.1, -0.05) is 36.4 Å². The van der Waals surface area contributed by atoms with Crippen molar-refractivity contribution < 1.29 is 13.2 Å². The molecular formula is C24H25N3O3S2. The van der Waals surface area contributed by atoms with Crippen LogP contribution in [0.1, 0.15) is 23.1 Å².